The van der Waals surface area contributed by atoms with E-state index in [0.29, 0.717) is 16.7 Å². The van der Waals surface area contributed by atoms with Gasteiger partial charge in [-0.15, -0.1) is 0 Å². The van der Waals surface area contributed by atoms with Crippen molar-refractivity contribution >= 4 is 33.3 Å². The average molecular weight is 355 g/mol. The Hall–Kier alpha value is -1.27. The molecule has 0 radical (unpaired) electrons. The lowest BCUT2D eigenvalue weighted by Crippen LogP contribution is -2.40. The molecule has 112 valence electrons. The average Bonchev–Trinajstić information content (AvgIpc) is 2.71. The van der Waals surface area contributed by atoms with E-state index in [1.165, 1.54) is 30.2 Å². The summed E-state index contributed by atoms with van der Waals surface area (Å²) >= 11 is 3.26. The van der Waals surface area contributed by atoms with Gasteiger partial charge in [-0.3, -0.25) is 9.59 Å². The maximum absolute atomic E-state index is 13.4. The number of carbonyl (C=O) groups is 2. The van der Waals surface area contributed by atoms with Crippen molar-refractivity contribution in [2.75, 3.05) is 31.1 Å². The molecule has 2 aliphatic rings. The Morgan fingerprint density at radius 2 is 1.81 bits per heavy atom. The Morgan fingerprint density at radius 1 is 1.10 bits per heavy atom. The molecule has 1 saturated heterocycles. The van der Waals surface area contributed by atoms with Crippen LogP contribution in [0.25, 0.3) is 0 Å². The van der Waals surface area contributed by atoms with Crippen LogP contribution in [-0.2, 0) is 4.79 Å². The van der Waals surface area contributed by atoms with Gasteiger partial charge in [0, 0.05) is 17.6 Å². The van der Waals surface area contributed by atoms with Crippen molar-refractivity contribution in [3.8, 4) is 0 Å². The van der Waals surface area contributed by atoms with Gasteiger partial charge in [-0.25, -0.2) is 4.39 Å². The first-order valence-corrected chi connectivity index (χ1v) is 7.95. The number of nitrogens with zero attached hydrogens (tertiary/aromatic N) is 2. The van der Waals surface area contributed by atoms with Crippen molar-refractivity contribution in [1.29, 1.82) is 0 Å². The molecule has 4 nitrogen and oxygen atoms in total. The first-order valence-electron chi connectivity index (χ1n) is 7.15. The van der Waals surface area contributed by atoms with Gasteiger partial charge in [0.15, 0.2) is 0 Å². The molecule has 0 bridgehead atoms. The monoisotopic (exact) mass is 354 g/mol. The van der Waals surface area contributed by atoms with Gasteiger partial charge in [0.05, 0.1) is 11.3 Å². The van der Waals surface area contributed by atoms with Gasteiger partial charge in [-0.1, -0.05) is 6.42 Å². The minimum atomic E-state index is -0.621. The summed E-state index contributed by atoms with van der Waals surface area (Å²) in [5.41, 5.74) is 0.661. The molecular weight excluding hydrogens is 339 g/mol. The molecule has 0 saturated carbocycles. The molecular formula is C15H16BrFN2O2. The molecule has 0 spiro atoms. The normalized spacial score (nSPS) is 19.2. The van der Waals surface area contributed by atoms with Crippen LogP contribution >= 0.6 is 15.9 Å². The van der Waals surface area contributed by atoms with E-state index < -0.39 is 17.5 Å². The van der Waals surface area contributed by atoms with Gasteiger partial charge in [0.2, 0.25) is 0 Å². The summed E-state index contributed by atoms with van der Waals surface area (Å²) in [6.07, 6.45) is 3.61. The number of amides is 1. The minimum Gasteiger partial charge on any atom is -0.302 e. The molecule has 0 aromatic heterocycles. The third kappa shape index (κ3) is 2.74. The van der Waals surface area contributed by atoms with Crippen LogP contribution in [0.4, 0.5) is 10.1 Å². The van der Waals surface area contributed by atoms with E-state index in [1.54, 1.807) is 0 Å². The maximum atomic E-state index is 13.4. The molecule has 1 aromatic carbocycles. The van der Waals surface area contributed by atoms with Gasteiger partial charge in [0.25, 0.3) is 11.7 Å². The van der Waals surface area contributed by atoms with E-state index in [-0.39, 0.29) is 5.56 Å². The Morgan fingerprint density at radius 3 is 2.52 bits per heavy atom. The topological polar surface area (TPSA) is 40.6 Å². The van der Waals surface area contributed by atoms with Crippen LogP contribution in [0.3, 0.4) is 0 Å². The first kappa shape index (κ1) is 14.7. The van der Waals surface area contributed by atoms with Crippen LogP contribution < -0.4 is 4.90 Å². The zero-order chi connectivity index (χ0) is 15.0. The second-order valence-electron chi connectivity index (χ2n) is 5.47. The van der Waals surface area contributed by atoms with Crippen molar-refractivity contribution in [2.24, 2.45) is 0 Å². The third-order valence-corrected chi connectivity index (χ3v) is 4.68. The third-order valence-electron chi connectivity index (χ3n) is 4.07. The number of fused-ring (bicyclic) bond motifs is 1. The fourth-order valence-electron chi connectivity index (χ4n) is 2.99. The van der Waals surface area contributed by atoms with Gasteiger partial charge in [-0.2, -0.15) is 0 Å². The van der Waals surface area contributed by atoms with Crippen molar-refractivity contribution in [3.05, 3.63) is 28.0 Å². The van der Waals surface area contributed by atoms with E-state index in [4.69, 9.17) is 0 Å². The highest BCUT2D eigenvalue weighted by Gasteiger charge is 2.37. The largest absolute Gasteiger partial charge is 0.302 e. The number of anilines is 1. The lowest BCUT2D eigenvalue weighted by Gasteiger charge is -2.28. The van der Waals surface area contributed by atoms with Gasteiger partial charge in [-0.05, 0) is 54.0 Å². The van der Waals surface area contributed by atoms with Gasteiger partial charge in [0.1, 0.15) is 5.82 Å². The van der Waals surface area contributed by atoms with Crippen LogP contribution in [0, 0.1) is 5.82 Å². The van der Waals surface area contributed by atoms with Gasteiger partial charge >= 0.3 is 0 Å². The molecule has 1 aromatic rings. The first-order chi connectivity index (χ1) is 10.1. The number of carbonyl (C=O) groups excluding carboxylic acids is 2. The number of likely N-dealkylation sites (tertiary alicyclic amines) is 1. The van der Waals surface area contributed by atoms with E-state index >= 15 is 0 Å². The quantitative estimate of drug-likeness (QED) is 0.783. The number of Topliss-reactive ketones (excluding diaryl/α,β-unsaturated/α-hetero) is 1. The molecule has 1 fully saturated rings. The Kier molecular flexibility index (Phi) is 4.08. The van der Waals surface area contributed by atoms with Crippen LogP contribution in [0.15, 0.2) is 16.6 Å². The van der Waals surface area contributed by atoms with Crippen LogP contribution in [0.2, 0.25) is 0 Å². The standard InChI is InChI=1S/C15H16BrFN2O2/c16-12-9-10(17)8-11-13(12)19(15(21)14(11)20)7-6-18-4-2-1-3-5-18/h8-9H,1-7H2. The van der Waals surface area contributed by atoms with Crippen LogP contribution in [0.1, 0.15) is 29.6 Å². The lowest BCUT2D eigenvalue weighted by molar-refractivity contribution is -0.114. The van der Waals surface area contributed by atoms with Crippen molar-refractivity contribution in [2.45, 2.75) is 19.3 Å². The molecule has 2 heterocycles. The highest BCUT2D eigenvalue weighted by Crippen LogP contribution is 2.36. The predicted octanol–water partition coefficient (Wildman–Crippen LogP) is 2.60. The molecule has 6 heteroatoms. The number of ketones is 1. The van der Waals surface area contributed by atoms with E-state index in [2.05, 4.69) is 20.8 Å². The second kappa shape index (κ2) is 5.85. The molecule has 0 atom stereocenters. The zero-order valence-electron chi connectivity index (χ0n) is 11.6. The fourth-order valence-corrected chi connectivity index (χ4v) is 3.64. The van der Waals surface area contributed by atoms with Gasteiger partial charge < -0.3 is 9.80 Å². The molecule has 0 N–H and O–H groups in total. The molecule has 0 unspecified atom stereocenters. The highest BCUT2D eigenvalue weighted by molar-refractivity contribution is 9.10. The number of hydrogen-bond donors (Lipinski definition) is 0. The Bertz CT molecular complexity index is 600. The summed E-state index contributed by atoms with van der Waals surface area (Å²) < 4.78 is 13.9. The van der Waals surface area contributed by atoms with E-state index in [1.807, 2.05) is 0 Å². The summed E-state index contributed by atoms with van der Waals surface area (Å²) in [6.45, 7) is 3.27. The molecule has 0 aliphatic carbocycles. The molecule has 3 rings (SSSR count). The fraction of sp³-hybridized carbons (Fsp3) is 0.467. The molecule has 2 aliphatic heterocycles. The number of piperidine rings is 1. The van der Waals surface area contributed by atoms with Crippen LogP contribution in [0.5, 0.6) is 0 Å². The zero-order valence-corrected chi connectivity index (χ0v) is 13.2. The summed E-state index contributed by atoms with van der Waals surface area (Å²) in [5, 5.41) is 0. The maximum Gasteiger partial charge on any atom is 0.299 e. The Balaban J connectivity index is 1.80. The number of halogens is 2. The smallest absolute Gasteiger partial charge is 0.299 e. The Labute approximate surface area is 131 Å². The molecule has 1 amide bonds. The van der Waals surface area contributed by atoms with Crippen molar-refractivity contribution in [1.82, 2.24) is 4.90 Å². The minimum absolute atomic E-state index is 0.158. The SMILES string of the molecule is O=C1C(=O)N(CCN2CCCCC2)c2c(Br)cc(F)cc21. The van der Waals surface area contributed by atoms with E-state index in [9.17, 15) is 14.0 Å². The molecule has 21 heavy (non-hydrogen) atoms. The van der Waals surface area contributed by atoms with Crippen molar-refractivity contribution < 1.29 is 14.0 Å². The van der Waals surface area contributed by atoms with Crippen LogP contribution in [-0.4, -0.2) is 42.8 Å². The van der Waals surface area contributed by atoms with E-state index in [0.717, 1.165) is 25.7 Å². The second-order valence-corrected chi connectivity index (χ2v) is 6.33. The predicted molar refractivity (Wildman–Crippen MR) is 81.1 cm³/mol. The summed E-state index contributed by atoms with van der Waals surface area (Å²) in [4.78, 5) is 27.9. The lowest BCUT2D eigenvalue weighted by atomic mass is 10.1. The summed E-state index contributed by atoms with van der Waals surface area (Å²) in [6, 6.07) is 2.43. The van der Waals surface area contributed by atoms with Crippen molar-refractivity contribution in [3.63, 3.8) is 0 Å². The number of hydrogen-bond acceptors (Lipinski definition) is 3. The number of rotatable bonds is 3. The number of benzene rings is 1. The highest BCUT2D eigenvalue weighted by atomic mass is 79.9. The summed E-state index contributed by atoms with van der Waals surface area (Å²) in [7, 11) is 0. The summed E-state index contributed by atoms with van der Waals surface area (Å²) in [5.74, 6) is -1.70.